The molecule has 196 valence electrons. The van der Waals surface area contributed by atoms with E-state index in [0.29, 0.717) is 23.3 Å². The first-order valence-corrected chi connectivity index (χ1v) is 12.0. The Kier molecular flexibility index (Phi) is 6.92. The van der Waals surface area contributed by atoms with E-state index in [0.717, 1.165) is 28.2 Å². The molecule has 0 fully saturated rings. The Bertz CT molecular complexity index is 1700. The Balaban J connectivity index is 1.24. The summed E-state index contributed by atoms with van der Waals surface area (Å²) in [6.45, 7) is 4.25. The summed E-state index contributed by atoms with van der Waals surface area (Å²) >= 11 is 0. The fraction of sp³-hybridized carbons (Fsp3) is 0.103. The van der Waals surface area contributed by atoms with Gasteiger partial charge >= 0.3 is 5.91 Å². The number of benzene rings is 3. The van der Waals surface area contributed by atoms with Crippen molar-refractivity contribution in [1.82, 2.24) is 9.99 Å². The fourth-order valence-corrected chi connectivity index (χ4v) is 4.23. The standard InChI is InChI=1S/C29H23FN4O5/c1-18-13-22(16-31-32-29(35)28-15-21-14-25(34(36)37)9-12-27(21)39-28)19(2)33(18)24-7-10-26(11-8-24)38-17-20-3-5-23(30)6-4-20/h3-16H,17H2,1-2H3,(H,32,35)/b31-16+. The Labute approximate surface area is 222 Å². The number of ether oxygens (including phenoxy) is 1. The zero-order valence-electron chi connectivity index (χ0n) is 21.1. The van der Waals surface area contributed by atoms with E-state index < -0.39 is 10.8 Å². The first-order valence-electron chi connectivity index (χ1n) is 12.0. The van der Waals surface area contributed by atoms with Gasteiger partial charge in [-0.2, -0.15) is 5.10 Å². The Morgan fingerprint density at radius 2 is 1.82 bits per heavy atom. The van der Waals surface area contributed by atoms with Crippen molar-refractivity contribution < 1.29 is 23.3 Å². The minimum Gasteiger partial charge on any atom is -0.489 e. The zero-order valence-corrected chi connectivity index (χ0v) is 21.1. The van der Waals surface area contributed by atoms with E-state index in [1.165, 1.54) is 36.4 Å². The third-order valence-electron chi connectivity index (χ3n) is 6.19. The number of carbonyl (C=O) groups is 1. The lowest BCUT2D eigenvalue weighted by Gasteiger charge is -2.11. The van der Waals surface area contributed by atoms with E-state index in [1.54, 1.807) is 18.3 Å². The van der Waals surface area contributed by atoms with Crippen LogP contribution in [0.15, 0.2) is 88.4 Å². The van der Waals surface area contributed by atoms with Gasteiger partial charge in [0.05, 0.1) is 11.1 Å². The van der Waals surface area contributed by atoms with Gasteiger partial charge < -0.3 is 13.7 Å². The summed E-state index contributed by atoms with van der Waals surface area (Å²) in [5.41, 5.74) is 7.22. The van der Waals surface area contributed by atoms with Crippen molar-refractivity contribution in [2.24, 2.45) is 5.10 Å². The maximum atomic E-state index is 13.1. The van der Waals surface area contributed by atoms with Crippen molar-refractivity contribution in [3.63, 3.8) is 0 Å². The Morgan fingerprint density at radius 3 is 2.54 bits per heavy atom. The molecule has 0 radical (unpaired) electrons. The molecule has 1 N–H and O–H groups in total. The smallest absolute Gasteiger partial charge is 0.307 e. The number of nitro groups is 1. The number of amides is 1. The second-order valence-electron chi connectivity index (χ2n) is 8.86. The fourth-order valence-electron chi connectivity index (χ4n) is 4.23. The Hall–Kier alpha value is -5.25. The van der Waals surface area contributed by atoms with Crippen LogP contribution < -0.4 is 10.2 Å². The van der Waals surface area contributed by atoms with Crippen molar-refractivity contribution >= 4 is 28.8 Å². The highest BCUT2D eigenvalue weighted by atomic mass is 19.1. The second kappa shape index (κ2) is 10.6. The number of nitro benzene ring substituents is 1. The molecular weight excluding hydrogens is 503 g/mol. The van der Waals surface area contributed by atoms with E-state index >= 15 is 0 Å². The number of aryl methyl sites for hydroxylation is 1. The molecule has 9 nitrogen and oxygen atoms in total. The molecule has 0 aliphatic carbocycles. The number of furan rings is 1. The van der Waals surface area contributed by atoms with Crippen LogP contribution in [-0.4, -0.2) is 21.6 Å². The monoisotopic (exact) mass is 526 g/mol. The molecule has 2 heterocycles. The lowest BCUT2D eigenvalue weighted by molar-refractivity contribution is -0.384. The van der Waals surface area contributed by atoms with E-state index in [-0.39, 0.29) is 17.3 Å². The lowest BCUT2D eigenvalue weighted by atomic mass is 10.2. The van der Waals surface area contributed by atoms with Gasteiger partial charge in [0.25, 0.3) is 5.69 Å². The molecule has 1 amide bonds. The molecule has 0 saturated carbocycles. The van der Waals surface area contributed by atoms with Gasteiger partial charge in [0.15, 0.2) is 5.76 Å². The number of hydrogen-bond acceptors (Lipinski definition) is 6. The number of fused-ring (bicyclic) bond motifs is 1. The van der Waals surface area contributed by atoms with Crippen LogP contribution in [0.3, 0.4) is 0 Å². The highest BCUT2D eigenvalue weighted by Gasteiger charge is 2.15. The minimum absolute atomic E-state index is 0.00476. The molecular formula is C29H23FN4O5. The number of nitrogens with zero attached hydrogens (tertiary/aromatic N) is 3. The number of nitrogens with one attached hydrogen (secondary N) is 1. The molecule has 0 atom stereocenters. The van der Waals surface area contributed by atoms with Gasteiger partial charge in [-0.15, -0.1) is 0 Å². The maximum Gasteiger partial charge on any atom is 0.307 e. The normalized spacial score (nSPS) is 11.3. The van der Waals surface area contributed by atoms with Crippen molar-refractivity contribution in [2.45, 2.75) is 20.5 Å². The highest BCUT2D eigenvalue weighted by molar-refractivity contribution is 5.97. The predicted octanol–water partition coefficient (Wildman–Crippen LogP) is 6.23. The average molecular weight is 527 g/mol. The van der Waals surface area contributed by atoms with Crippen LogP contribution in [0.5, 0.6) is 5.75 Å². The predicted molar refractivity (Wildman–Crippen MR) is 144 cm³/mol. The average Bonchev–Trinajstić information content (AvgIpc) is 3.48. The van der Waals surface area contributed by atoms with Gasteiger partial charge in [0, 0.05) is 40.2 Å². The molecule has 0 bridgehead atoms. The number of carbonyl (C=O) groups excluding carboxylic acids is 1. The minimum atomic E-state index is -0.574. The van der Waals surface area contributed by atoms with Crippen LogP contribution in [0.25, 0.3) is 16.7 Å². The molecule has 0 aliphatic heterocycles. The number of hydrogen-bond donors (Lipinski definition) is 1. The molecule has 5 aromatic rings. The maximum absolute atomic E-state index is 13.1. The third kappa shape index (κ3) is 5.54. The number of hydrazone groups is 1. The zero-order chi connectivity index (χ0) is 27.5. The summed E-state index contributed by atoms with van der Waals surface area (Å²) in [4.78, 5) is 23.0. The molecule has 0 spiro atoms. The number of non-ortho nitro benzene ring substituents is 1. The first kappa shape index (κ1) is 25.4. The summed E-state index contributed by atoms with van der Waals surface area (Å²) in [7, 11) is 0. The van der Waals surface area contributed by atoms with Crippen molar-refractivity contribution in [3.05, 3.63) is 123 Å². The van der Waals surface area contributed by atoms with Crippen LogP contribution in [0.2, 0.25) is 0 Å². The molecule has 0 aliphatic rings. The quantitative estimate of drug-likeness (QED) is 0.146. The van der Waals surface area contributed by atoms with Crippen LogP contribution in [0.4, 0.5) is 10.1 Å². The summed E-state index contributed by atoms with van der Waals surface area (Å²) < 4.78 is 26.4. The number of aromatic nitrogens is 1. The van der Waals surface area contributed by atoms with E-state index in [1.807, 2.05) is 44.2 Å². The molecule has 3 aromatic carbocycles. The van der Waals surface area contributed by atoms with Crippen LogP contribution >= 0.6 is 0 Å². The molecule has 5 rings (SSSR count). The number of halogens is 1. The first-order chi connectivity index (χ1) is 18.8. The van der Waals surface area contributed by atoms with Gasteiger partial charge in [-0.3, -0.25) is 14.9 Å². The highest BCUT2D eigenvalue weighted by Crippen LogP contribution is 2.25. The molecule has 39 heavy (non-hydrogen) atoms. The van der Waals surface area contributed by atoms with Crippen LogP contribution in [-0.2, 0) is 6.61 Å². The second-order valence-corrected chi connectivity index (χ2v) is 8.86. The summed E-state index contributed by atoms with van der Waals surface area (Å²) in [6.07, 6.45) is 1.55. The van der Waals surface area contributed by atoms with Gasteiger partial charge in [-0.1, -0.05) is 12.1 Å². The molecule has 0 unspecified atom stereocenters. The van der Waals surface area contributed by atoms with Crippen molar-refractivity contribution in [1.29, 1.82) is 0 Å². The topological polar surface area (TPSA) is 112 Å². The van der Waals surface area contributed by atoms with E-state index in [4.69, 9.17) is 9.15 Å². The molecule has 2 aromatic heterocycles. The molecule has 10 heteroatoms. The number of rotatable bonds is 8. The summed E-state index contributed by atoms with van der Waals surface area (Å²) in [5, 5.41) is 15.5. The third-order valence-corrected chi connectivity index (χ3v) is 6.19. The molecule has 0 saturated heterocycles. The SMILES string of the molecule is Cc1cc(/C=N/NC(=O)c2cc3cc([N+](=O)[O-])ccc3o2)c(C)n1-c1ccc(OCc2ccc(F)cc2)cc1. The summed E-state index contributed by atoms with van der Waals surface area (Å²) in [6, 6.07) is 21.3. The van der Waals surface area contributed by atoms with Crippen LogP contribution in [0.1, 0.15) is 33.1 Å². The Morgan fingerprint density at radius 1 is 1.08 bits per heavy atom. The largest absolute Gasteiger partial charge is 0.489 e. The van der Waals surface area contributed by atoms with Gasteiger partial charge in [0.1, 0.15) is 23.8 Å². The lowest BCUT2D eigenvalue weighted by Crippen LogP contribution is -2.16. The van der Waals surface area contributed by atoms with E-state index in [2.05, 4.69) is 15.1 Å². The van der Waals surface area contributed by atoms with Crippen LogP contribution in [0, 0.1) is 29.8 Å². The van der Waals surface area contributed by atoms with Crippen molar-refractivity contribution in [2.75, 3.05) is 0 Å². The van der Waals surface area contributed by atoms with E-state index in [9.17, 15) is 19.3 Å². The van der Waals surface area contributed by atoms with Gasteiger partial charge in [0.2, 0.25) is 0 Å². The summed E-state index contributed by atoms with van der Waals surface area (Å²) in [5.74, 6) is -0.172. The van der Waals surface area contributed by atoms with Crippen molar-refractivity contribution in [3.8, 4) is 11.4 Å². The van der Waals surface area contributed by atoms with Gasteiger partial charge in [-0.05, 0) is 74.0 Å². The van der Waals surface area contributed by atoms with Gasteiger partial charge in [-0.25, -0.2) is 9.82 Å².